The molecule has 8 nitrogen and oxygen atoms in total. The van der Waals surface area contributed by atoms with Crippen molar-refractivity contribution in [2.75, 3.05) is 7.11 Å². The van der Waals surface area contributed by atoms with Crippen LogP contribution in [-0.4, -0.2) is 28.1 Å². The second-order valence-electron chi connectivity index (χ2n) is 7.52. The van der Waals surface area contributed by atoms with Gasteiger partial charge in [-0.15, -0.1) is 0 Å². The van der Waals surface area contributed by atoms with Gasteiger partial charge in [-0.05, 0) is 58.8 Å². The summed E-state index contributed by atoms with van der Waals surface area (Å²) in [4.78, 5) is 37.3. The summed E-state index contributed by atoms with van der Waals surface area (Å²) in [5.41, 5.74) is 2.03. The van der Waals surface area contributed by atoms with E-state index in [2.05, 4.69) is 0 Å². The van der Waals surface area contributed by atoms with E-state index >= 15 is 0 Å². The monoisotopic (exact) mass is 510 g/mol. The first-order valence-electron chi connectivity index (χ1n) is 10.4. The Kier molecular flexibility index (Phi) is 7.38. The molecule has 3 aromatic rings. The summed E-state index contributed by atoms with van der Waals surface area (Å²) in [6.45, 7) is 0.246. The third-order valence-corrected chi connectivity index (χ3v) is 6.25. The molecule has 3 aromatic carbocycles. The number of rotatable bonds is 8. The summed E-state index contributed by atoms with van der Waals surface area (Å²) in [7, 11) is 1.48. The number of benzene rings is 3. The van der Waals surface area contributed by atoms with E-state index in [0.717, 1.165) is 17.3 Å². The van der Waals surface area contributed by atoms with Crippen molar-refractivity contribution in [1.82, 2.24) is 4.90 Å². The molecule has 0 N–H and O–H groups in total. The van der Waals surface area contributed by atoms with E-state index < -0.39 is 4.92 Å². The molecule has 1 fully saturated rings. The quantitative estimate of drug-likeness (QED) is 0.206. The number of carbonyl (C=O) groups is 2. The zero-order valence-electron chi connectivity index (χ0n) is 18.5. The summed E-state index contributed by atoms with van der Waals surface area (Å²) in [6, 6.07) is 18.3. The molecule has 0 saturated carbocycles. The van der Waals surface area contributed by atoms with Crippen LogP contribution < -0.4 is 9.47 Å². The van der Waals surface area contributed by atoms with Gasteiger partial charge in [-0.2, -0.15) is 0 Å². The van der Waals surface area contributed by atoms with Crippen LogP contribution in [0, 0.1) is 10.1 Å². The van der Waals surface area contributed by atoms with Crippen LogP contribution in [0.3, 0.4) is 0 Å². The largest absolute Gasteiger partial charge is 0.493 e. The lowest BCUT2D eigenvalue weighted by atomic mass is 10.1. The van der Waals surface area contributed by atoms with E-state index in [1.54, 1.807) is 60.7 Å². The van der Waals surface area contributed by atoms with Gasteiger partial charge in [0.1, 0.15) is 6.61 Å². The maximum atomic E-state index is 12.8. The summed E-state index contributed by atoms with van der Waals surface area (Å²) in [6.07, 6.45) is 1.62. The minimum Gasteiger partial charge on any atom is -0.493 e. The van der Waals surface area contributed by atoms with E-state index in [1.807, 2.05) is 0 Å². The summed E-state index contributed by atoms with van der Waals surface area (Å²) >= 11 is 6.87. The summed E-state index contributed by atoms with van der Waals surface area (Å²) in [5.74, 6) is 0.470. The molecule has 1 aliphatic heterocycles. The predicted molar refractivity (Wildman–Crippen MR) is 133 cm³/mol. The number of imide groups is 1. The smallest absolute Gasteiger partial charge is 0.293 e. The number of methoxy groups -OCH3 is 1. The maximum absolute atomic E-state index is 12.8. The molecule has 4 rings (SSSR count). The number of hydrogen-bond acceptors (Lipinski definition) is 7. The highest BCUT2D eigenvalue weighted by atomic mass is 35.5. The lowest BCUT2D eigenvalue weighted by Crippen LogP contribution is -2.27. The second-order valence-corrected chi connectivity index (χ2v) is 8.95. The van der Waals surface area contributed by atoms with E-state index in [-0.39, 0.29) is 30.0 Å². The van der Waals surface area contributed by atoms with Crippen molar-refractivity contribution in [3.05, 3.63) is 103 Å². The molecular weight excluding hydrogens is 492 g/mol. The molecule has 2 amide bonds. The first-order chi connectivity index (χ1) is 16.8. The Hall–Kier alpha value is -3.82. The Bertz CT molecular complexity index is 1340. The molecule has 35 heavy (non-hydrogen) atoms. The standard InChI is InChI=1S/C25H19ClN2O6S/c1-33-22-12-16(8-9-21(22)34-15-18-5-3-7-20(11-18)28(31)32)13-23-24(29)27(25(30)35-23)14-17-4-2-6-19(26)10-17/h2-13H,14-15H2,1H3/b23-13-. The van der Waals surface area contributed by atoms with Crippen molar-refractivity contribution in [3.63, 3.8) is 0 Å². The first kappa shape index (κ1) is 24.3. The number of non-ortho nitro benzene ring substituents is 1. The number of nitrogens with zero attached hydrogens (tertiary/aromatic N) is 2. The number of thioether (sulfide) groups is 1. The molecule has 1 heterocycles. The fourth-order valence-electron chi connectivity index (χ4n) is 3.42. The highest BCUT2D eigenvalue weighted by molar-refractivity contribution is 8.18. The average molecular weight is 511 g/mol. The Morgan fingerprint density at radius 2 is 1.80 bits per heavy atom. The van der Waals surface area contributed by atoms with Crippen LogP contribution in [0.5, 0.6) is 11.5 Å². The molecule has 10 heteroatoms. The molecule has 0 aliphatic carbocycles. The van der Waals surface area contributed by atoms with Gasteiger partial charge in [0.05, 0.1) is 23.5 Å². The maximum Gasteiger partial charge on any atom is 0.293 e. The van der Waals surface area contributed by atoms with Crippen LogP contribution in [0.25, 0.3) is 6.08 Å². The number of ether oxygens (including phenoxy) is 2. The number of hydrogen-bond donors (Lipinski definition) is 0. The topological polar surface area (TPSA) is 99.0 Å². The molecule has 0 bridgehead atoms. The molecule has 0 spiro atoms. The zero-order chi connectivity index (χ0) is 24.9. The van der Waals surface area contributed by atoms with Gasteiger partial charge in [-0.3, -0.25) is 24.6 Å². The number of nitro benzene ring substituents is 1. The number of carbonyl (C=O) groups excluding carboxylic acids is 2. The Labute approximate surface area is 210 Å². The van der Waals surface area contributed by atoms with Gasteiger partial charge >= 0.3 is 0 Å². The third kappa shape index (κ3) is 5.82. The molecule has 178 valence electrons. The van der Waals surface area contributed by atoms with Crippen molar-refractivity contribution < 1.29 is 24.0 Å². The first-order valence-corrected chi connectivity index (χ1v) is 11.6. The Balaban J connectivity index is 1.48. The fraction of sp³-hybridized carbons (Fsp3) is 0.120. The lowest BCUT2D eigenvalue weighted by Gasteiger charge is -2.13. The van der Waals surface area contributed by atoms with Crippen molar-refractivity contribution in [1.29, 1.82) is 0 Å². The van der Waals surface area contributed by atoms with Gasteiger partial charge in [0.25, 0.3) is 16.8 Å². The van der Waals surface area contributed by atoms with Crippen LogP contribution >= 0.6 is 23.4 Å². The minimum atomic E-state index is -0.463. The van der Waals surface area contributed by atoms with Crippen LogP contribution in [-0.2, 0) is 17.9 Å². The zero-order valence-corrected chi connectivity index (χ0v) is 20.0. The highest BCUT2D eigenvalue weighted by Crippen LogP contribution is 2.35. The Morgan fingerprint density at radius 3 is 2.54 bits per heavy atom. The van der Waals surface area contributed by atoms with Gasteiger partial charge in [-0.25, -0.2) is 0 Å². The molecule has 1 saturated heterocycles. The van der Waals surface area contributed by atoms with Crippen molar-refractivity contribution >= 4 is 46.3 Å². The van der Waals surface area contributed by atoms with Gasteiger partial charge in [-0.1, -0.05) is 41.9 Å². The van der Waals surface area contributed by atoms with Gasteiger partial charge < -0.3 is 9.47 Å². The molecule has 0 atom stereocenters. The molecule has 1 aliphatic rings. The predicted octanol–water partition coefficient (Wildman–Crippen LogP) is 6.07. The molecule has 0 aromatic heterocycles. The van der Waals surface area contributed by atoms with Crippen LogP contribution in [0.1, 0.15) is 16.7 Å². The molecular formula is C25H19ClN2O6S. The number of amides is 2. The van der Waals surface area contributed by atoms with E-state index in [9.17, 15) is 19.7 Å². The SMILES string of the molecule is COc1cc(/C=C2\SC(=O)N(Cc3cccc(Cl)c3)C2=O)ccc1OCc1cccc([N+](=O)[O-])c1. The fourth-order valence-corrected chi connectivity index (χ4v) is 4.47. The number of nitro groups is 1. The van der Waals surface area contributed by atoms with E-state index in [1.165, 1.54) is 24.1 Å². The molecule has 0 radical (unpaired) electrons. The van der Waals surface area contributed by atoms with Gasteiger partial charge in [0, 0.05) is 17.2 Å². The van der Waals surface area contributed by atoms with Crippen molar-refractivity contribution in [3.8, 4) is 11.5 Å². The summed E-state index contributed by atoms with van der Waals surface area (Å²) in [5, 5.41) is 11.1. The minimum absolute atomic E-state index is 0.0160. The van der Waals surface area contributed by atoms with Crippen LogP contribution in [0.15, 0.2) is 71.6 Å². The van der Waals surface area contributed by atoms with E-state index in [4.69, 9.17) is 21.1 Å². The normalized spacial score (nSPS) is 14.5. The Morgan fingerprint density at radius 1 is 1.03 bits per heavy atom. The van der Waals surface area contributed by atoms with Crippen molar-refractivity contribution in [2.24, 2.45) is 0 Å². The second kappa shape index (κ2) is 10.6. The van der Waals surface area contributed by atoms with Crippen LogP contribution in [0.2, 0.25) is 5.02 Å². The third-order valence-electron chi connectivity index (χ3n) is 5.10. The summed E-state index contributed by atoms with van der Waals surface area (Å²) < 4.78 is 11.2. The van der Waals surface area contributed by atoms with Crippen molar-refractivity contribution in [2.45, 2.75) is 13.2 Å². The highest BCUT2D eigenvalue weighted by Gasteiger charge is 2.35. The van der Waals surface area contributed by atoms with Crippen LogP contribution in [0.4, 0.5) is 10.5 Å². The molecule has 0 unspecified atom stereocenters. The van der Waals surface area contributed by atoms with Gasteiger partial charge in [0.2, 0.25) is 0 Å². The average Bonchev–Trinajstić information content (AvgIpc) is 3.10. The van der Waals surface area contributed by atoms with Gasteiger partial charge in [0.15, 0.2) is 11.5 Å². The number of halogens is 1. The van der Waals surface area contributed by atoms with E-state index in [0.29, 0.717) is 32.6 Å². The lowest BCUT2D eigenvalue weighted by molar-refractivity contribution is -0.384.